The lowest BCUT2D eigenvalue weighted by Crippen LogP contribution is -2.29. The van der Waals surface area contributed by atoms with Gasteiger partial charge in [0, 0.05) is 5.25 Å². The van der Waals surface area contributed by atoms with E-state index in [4.69, 9.17) is 5.11 Å². The molecule has 0 aromatic carbocycles. The van der Waals surface area contributed by atoms with Crippen molar-refractivity contribution in [1.29, 1.82) is 0 Å². The van der Waals surface area contributed by atoms with E-state index in [1.54, 1.807) is 25.6 Å². The van der Waals surface area contributed by atoms with Crippen LogP contribution < -0.4 is 0 Å². The summed E-state index contributed by atoms with van der Waals surface area (Å²) in [4.78, 5) is 10.8. The molecule has 0 radical (unpaired) electrons. The Kier molecular flexibility index (Phi) is 4.68. The van der Waals surface area contributed by atoms with Crippen molar-refractivity contribution < 1.29 is 9.90 Å². The Morgan fingerprint density at radius 1 is 1.42 bits per heavy atom. The van der Waals surface area contributed by atoms with E-state index in [0.29, 0.717) is 5.25 Å². The predicted molar refractivity (Wildman–Crippen MR) is 53.7 cm³/mol. The highest BCUT2D eigenvalue weighted by molar-refractivity contribution is 8.01. The highest BCUT2D eigenvalue weighted by Crippen LogP contribution is 2.32. The number of carbonyl (C=O) groups is 1. The first-order valence-corrected chi connectivity index (χ1v) is 5.23. The lowest BCUT2D eigenvalue weighted by atomic mass is 10.2. The van der Waals surface area contributed by atoms with Crippen LogP contribution in [0.1, 0.15) is 40.5 Å². The number of carboxylic acids is 1. The van der Waals surface area contributed by atoms with Crippen molar-refractivity contribution in [1.82, 2.24) is 0 Å². The molecule has 0 aromatic heterocycles. The maximum absolute atomic E-state index is 10.8. The average Bonchev–Trinajstić information content (AvgIpc) is 2.00. The fourth-order valence-corrected chi connectivity index (χ4v) is 2.19. The summed E-state index contributed by atoms with van der Waals surface area (Å²) >= 11 is 1.56. The predicted octanol–water partition coefficient (Wildman–Crippen LogP) is 2.77. The zero-order chi connectivity index (χ0) is 9.78. The van der Waals surface area contributed by atoms with Crippen molar-refractivity contribution >= 4 is 17.7 Å². The maximum atomic E-state index is 10.8. The van der Waals surface area contributed by atoms with Gasteiger partial charge in [0.25, 0.3) is 0 Å². The highest BCUT2D eigenvalue weighted by atomic mass is 32.2. The van der Waals surface area contributed by atoms with Crippen LogP contribution in [0.15, 0.2) is 0 Å². The summed E-state index contributed by atoms with van der Waals surface area (Å²) in [6.07, 6.45) is 2.08. The van der Waals surface area contributed by atoms with Gasteiger partial charge in [-0.15, -0.1) is 11.8 Å². The summed E-state index contributed by atoms with van der Waals surface area (Å²) in [5, 5.41) is 9.33. The number of aliphatic carboxylic acids is 1. The van der Waals surface area contributed by atoms with Gasteiger partial charge in [-0.05, 0) is 26.7 Å². The maximum Gasteiger partial charge on any atom is 0.319 e. The SMILES string of the molecule is CCC(CC)SC(C)(C)C(=O)O. The molecule has 0 bridgehead atoms. The molecule has 0 fully saturated rings. The summed E-state index contributed by atoms with van der Waals surface area (Å²) in [6, 6.07) is 0. The molecular formula is C9H18O2S. The minimum absolute atomic E-state index is 0.469. The van der Waals surface area contributed by atoms with Crippen molar-refractivity contribution in [2.45, 2.75) is 50.5 Å². The van der Waals surface area contributed by atoms with E-state index in [0.717, 1.165) is 12.8 Å². The Labute approximate surface area is 78.7 Å². The normalized spacial score (nSPS) is 12.1. The zero-order valence-electron chi connectivity index (χ0n) is 8.26. The van der Waals surface area contributed by atoms with Crippen molar-refractivity contribution in [2.75, 3.05) is 0 Å². The minimum Gasteiger partial charge on any atom is -0.480 e. The van der Waals surface area contributed by atoms with Crippen LogP contribution in [-0.2, 0) is 4.79 Å². The first-order valence-electron chi connectivity index (χ1n) is 4.35. The van der Waals surface area contributed by atoms with Crippen LogP contribution in [-0.4, -0.2) is 21.1 Å². The third kappa shape index (κ3) is 3.48. The Morgan fingerprint density at radius 3 is 2.08 bits per heavy atom. The van der Waals surface area contributed by atoms with E-state index in [1.165, 1.54) is 0 Å². The first kappa shape index (κ1) is 11.8. The number of rotatable bonds is 5. The van der Waals surface area contributed by atoms with Gasteiger partial charge in [-0.3, -0.25) is 4.79 Å². The van der Waals surface area contributed by atoms with Gasteiger partial charge in [-0.1, -0.05) is 13.8 Å². The number of hydrogen-bond donors (Lipinski definition) is 1. The fraction of sp³-hybridized carbons (Fsp3) is 0.889. The Morgan fingerprint density at radius 2 is 1.83 bits per heavy atom. The molecule has 0 saturated heterocycles. The summed E-state index contributed by atoms with van der Waals surface area (Å²) in [6.45, 7) is 7.72. The standard InChI is InChI=1S/C9H18O2S/c1-5-7(6-2)12-9(3,4)8(10)11/h7H,5-6H2,1-4H3,(H,10,11). The third-order valence-electron chi connectivity index (χ3n) is 1.89. The van der Waals surface area contributed by atoms with Crippen molar-refractivity contribution in [3.8, 4) is 0 Å². The molecule has 0 rings (SSSR count). The molecule has 0 aliphatic heterocycles. The molecule has 0 saturated carbocycles. The quantitative estimate of drug-likeness (QED) is 0.724. The van der Waals surface area contributed by atoms with Crippen LogP contribution >= 0.6 is 11.8 Å². The summed E-state index contributed by atoms with van der Waals surface area (Å²) in [5.74, 6) is -0.723. The first-order chi connectivity index (χ1) is 5.44. The third-order valence-corrected chi connectivity index (χ3v) is 3.65. The van der Waals surface area contributed by atoms with E-state index in [-0.39, 0.29) is 0 Å². The van der Waals surface area contributed by atoms with Crippen LogP contribution in [0.5, 0.6) is 0 Å². The molecule has 0 unspecified atom stereocenters. The van der Waals surface area contributed by atoms with Crippen LogP contribution in [0, 0.1) is 0 Å². The molecule has 1 N–H and O–H groups in total. The molecular weight excluding hydrogens is 172 g/mol. The lowest BCUT2D eigenvalue weighted by Gasteiger charge is -2.23. The number of carboxylic acid groups (broad SMARTS) is 1. The van der Waals surface area contributed by atoms with Gasteiger partial charge in [0.05, 0.1) is 0 Å². The molecule has 0 aliphatic rings. The van der Waals surface area contributed by atoms with Crippen LogP contribution in [0.25, 0.3) is 0 Å². The van der Waals surface area contributed by atoms with Gasteiger partial charge in [-0.25, -0.2) is 0 Å². The van der Waals surface area contributed by atoms with Gasteiger partial charge in [-0.2, -0.15) is 0 Å². The molecule has 0 aromatic rings. The highest BCUT2D eigenvalue weighted by Gasteiger charge is 2.30. The van der Waals surface area contributed by atoms with E-state index in [2.05, 4.69) is 13.8 Å². The van der Waals surface area contributed by atoms with E-state index < -0.39 is 10.7 Å². The second-order valence-electron chi connectivity index (χ2n) is 3.37. The smallest absolute Gasteiger partial charge is 0.319 e. The molecule has 12 heavy (non-hydrogen) atoms. The molecule has 0 amide bonds. The average molecular weight is 190 g/mol. The molecule has 0 spiro atoms. The van der Waals surface area contributed by atoms with Gasteiger partial charge in [0.15, 0.2) is 0 Å². The number of thioether (sulfide) groups is 1. The molecule has 3 heteroatoms. The van der Waals surface area contributed by atoms with Crippen LogP contribution in [0.3, 0.4) is 0 Å². The Bertz CT molecular complexity index is 151. The second-order valence-corrected chi connectivity index (χ2v) is 5.29. The fourth-order valence-electron chi connectivity index (χ4n) is 0.922. The van der Waals surface area contributed by atoms with Crippen molar-refractivity contribution in [2.24, 2.45) is 0 Å². The summed E-state index contributed by atoms with van der Waals surface area (Å²) < 4.78 is -0.642. The van der Waals surface area contributed by atoms with Crippen LogP contribution in [0.4, 0.5) is 0 Å². The summed E-state index contributed by atoms with van der Waals surface area (Å²) in [5.41, 5.74) is 0. The van der Waals surface area contributed by atoms with Crippen molar-refractivity contribution in [3.05, 3.63) is 0 Å². The van der Waals surface area contributed by atoms with Gasteiger partial charge >= 0.3 is 5.97 Å². The molecule has 0 aliphatic carbocycles. The topological polar surface area (TPSA) is 37.3 Å². The molecule has 72 valence electrons. The van der Waals surface area contributed by atoms with Gasteiger partial charge in [0.1, 0.15) is 4.75 Å². The van der Waals surface area contributed by atoms with Crippen LogP contribution in [0.2, 0.25) is 0 Å². The largest absolute Gasteiger partial charge is 0.480 e. The van der Waals surface area contributed by atoms with E-state index in [9.17, 15) is 4.79 Å². The monoisotopic (exact) mass is 190 g/mol. The Balaban J connectivity index is 4.12. The van der Waals surface area contributed by atoms with E-state index in [1.807, 2.05) is 0 Å². The lowest BCUT2D eigenvalue weighted by molar-refractivity contribution is -0.138. The van der Waals surface area contributed by atoms with Gasteiger partial charge < -0.3 is 5.11 Å². The molecule has 0 atom stereocenters. The second kappa shape index (κ2) is 4.75. The van der Waals surface area contributed by atoms with Gasteiger partial charge in [0.2, 0.25) is 0 Å². The van der Waals surface area contributed by atoms with Crippen molar-refractivity contribution in [3.63, 3.8) is 0 Å². The molecule has 0 heterocycles. The Hall–Kier alpha value is -0.180. The number of hydrogen-bond acceptors (Lipinski definition) is 2. The zero-order valence-corrected chi connectivity index (χ0v) is 9.07. The minimum atomic E-state index is -0.723. The van der Waals surface area contributed by atoms with E-state index >= 15 is 0 Å². The summed E-state index contributed by atoms with van der Waals surface area (Å²) in [7, 11) is 0. The molecule has 2 nitrogen and oxygen atoms in total.